The zero-order valence-electron chi connectivity index (χ0n) is 16.7. The van der Waals surface area contributed by atoms with Gasteiger partial charge in [0.2, 0.25) is 0 Å². The van der Waals surface area contributed by atoms with Gasteiger partial charge in [-0.25, -0.2) is 4.39 Å². The Bertz CT molecular complexity index is 609. The zero-order valence-corrected chi connectivity index (χ0v) is 16.7. The number of likely N-dealkylation sites (tertiary alicyclic amines) is 1. The van der Waals surface area contributed by atoms with Crippen molar-refractivity contribution in [2.75, 3.05) is 13.1 Å². The summed E-state index contributed by atoms with van der Waals surface area (Å²) in [7, 11) is 0. The Morgan fingerprint density at radius 2 is 1.59 bits per heavy atom. The van der Waals surface area contributed by atoms with Gasteiger partial charge in [0.05, 0.1) is 5.92 Å². The predicted octanol–water partition coefficient (Wildman–Crippen LogP) is 4.57. The summed E-state index contributed by atoms with van der Waals surface area (Å²) in [6.45, 7) is 7.82. The molecule has 0 atom stereocenters. The number of carbonyl (C=O) groups is 1. The molecule has 1 saturated carbocycles. The summed E-state index contributed by atoms with van der Waals surface area (Å²) < 4.78 is 24.5. The number of piperidine rings is 1. The minimum Gasteiger partial charge on any atom is -0.490 e. The molecule has 0 aromatic heterocycles. The highest BCUT2D eigenvalue weighted by Gasteiger charge is 2.33. The van der Waals surface area contributed by atoms with Gasteiger partial charge in [0.25, 0.3) is 0 Å². The molecule has 5 heteroatoms. The molecule has 1 saturated heterocycles. The van der Waals surface area contributed by atoms with E-state index in [1.165, 1.54) is 12.1 Å². The van der Waals surface area contributed by atoms with Crippen LogP contribution in [0.1, 0.15) is 59.3 Å². The second kappa shape index (κ2) is 8.59. The van der Waals surface area contributed by atoms with Crippen LogP contribution >= 0.6 is 0 Å². The molecule has 3 rings (SSSR count). The third-order valence-corrected chi connectivity index (χ3v) is 5.55. The van der Waals surface area contributed by atoms with Crippen LogP contribution in [0.2, 0.25) is 0 Å². The maximum Gasteiger partial charge on any atom is 0.309 e. The van der Waals surface area contributed by atoms with E-state index in [4.69, 9.17) is 9.47 Å². The van der Waals surface area contributed by atoms with Gasteiger partial charge >= 0.3 is 5.97 Å². The summed E-state index contributed by atoms with van der Waals surface area (Å²) in [5.41, 5.74) is -0.402. The third kappa shape index (κ3) is 5.93. The monoisotopic (exact) mass is 377 g/mol. The van der Waals surface area contributed by atoms with Crippen molar-refractivity contribution in [3.63, 3.8) is 0 Å². The Morgan fingerprint density at radius 1 is 1.00 bits per heavy atom. The van der Waals surface area contributed by atoms with Gasteiger partial charge in [-0.15, -0.1) is 0 Å². The molecule has 0 bridgehead atoms. The van der Waals surface area contributed by atoms with Crippen molar-refractivity contribution in [3.8, 4) is 5.75 Å². The number of hydrogen-bond acceptors (Lipinski definition) is 4. The van der Waals surface area contributed by atoms with Gasteiger partial charge in [-0.3, -0.25) is 4.79 Å². The molecular weight excluding hydrogens is 345 g/mol. The van der Waals surface area contributed by atoms with E-state index in [0.29, 0.717) is 6.04 Å². The number of halogens is 1. The van der Waals surface area contributed by atoms with E-state index in [1.807, 2.05) is 20.8 Å². The molecule has 2 fully saturated rings. The lowest BCUT2D eigenvalue weighted by Gasteiger charge is -2.40. The van der Waals surface area contributed by atoms with Crippen LogP contribution in [0.5, 0.6) is 5.75 Å². The highest BCUT2D eigenvalue weighted by atomic mass is 19.1. The van der Waals surface area contributed by atoms with Gasteiger partial charge in [-0.05, 0) is 83.6 Å². The van der Waals surface area contributed by atoms with Gasteiger partial charge in [0.15, 0.2) is 0 Å². The molecule has 0 N–H and O–H groups in total. The van der Waals surface area contributed by atoms with Crippen LogP contribution in [-0.4, -0.2) is 41.7 Å². The first kappa shape index (κ1) is 20.1. The highest BCUT2D eigenvalue weighted by Crippen LogP contribution is 2.31. The average Bonchev–Trinajstić information content (AvgIpc) is 2.63. The Kier molecular flexibility index (Phi) is 6.40. The van der Waals surface area contributed by atoms with E-state index in [-0.39, 0.29) is 23.8 Å². The Morgan fingerprint density at radius 3 is 2.15 bits per heavy atom. The van der Waals surface area contributed by atoms with Gasteiger partial charge in [-0.2, -0.15) is 0 Å². The van der Waals surface area contributed by atoms with E-state index in [2.05, 4.69) is 4.90 Å². The second-order valence-corrected chi connectivity index (χ2v) is 8.85. The SMILES string of the molecule is CC(C)(C)OC(=O)C1CCC(N2CCC(Oc3ccc(F)cc3)CC2)CC1. The van der Waals surface area contributed by atoms with Crippen LogP contribution in [-0.2, 0) is 9.53 Å². The molecule has 1 aliphatic carbocycles. The fourth-order valence-corrected chi connectivity index (χ4v) is 4.13. The van der Waals surface area contributed by atoms with Crippen LogP contribution < -0.4 is 4.74 Å². The number of carbonyl (C=O) groups excluding carboxylic acids is 1. The van der Waals surface area contributed by atoms with Crippen LogP contribution in [0.15, 0.2) is 24.3 Å². The van der Waals surface area contributed by atoms with Crippen LogP contribution in [0, 0.1) is 11.7 Å². The normalized spacial score (nSPS) is 25.2. The van der Waals surface area contributed by atoms with E-state index in [0.717, 1.165) is 57.4 Å². The van der Waals surface area contributed by atoms with Gasteiger partial charge < -0.3 is 14.4 Å². The van der Waals surface area contributed by atoms with Crippen molar-refractivity contribution >= 4 is 5.97 Å². The first-order chi connectivity index (χ1) is 12.8. The van der Waals surface area contributed by atoms with Gasteiger partial charge in [0.1, 0.15) is 23.3 Å². The molecule has 1 aliphatic heterocycles. The van der Waals surface area contributed by atoms with Gasteiger partial charge in [-0.1, -0.05) is 0 Å². The lowest BCUT2D eigenvalue weighted by Crippen LogP contribution is -2.46. The lowest BCUT2D eigenvalue weighted by molar-refractivity contribution is -0.161. The number of esters is 1. The largest absolute Gasteiger partial charge is 0.490 e. The molecule has 4 nitrogen and oxygen atoms in total. The van der Waals surface area contributed by atoms with Crippen molar-refractivity contribution in [3.05, 3.63) is 30.1 Å². The van der Waals surface area contributed by atoms with E-state index in [1.54, 1.807) is 12.1 Å². The predicted molar refractivity (Wildman–Crippen MR) is 103 cm³/mol. The fraction of sp³-hybridized carbons (Fsp3) is 0.682. The third-order valence-electron chi connectivity index (χ3n) is 5.55. The molecule has 27 heavy (non-hydrogen) atoms. The maximum absolute atomic E-state index is 13.0. The smallest absolute Gasteiger partial charge is 0.309 e. The Labute approximate surface area is 162 Å². The molecule has 1 aromatic rings. The standard InChI is InChI=1S/C22H32FNO3/c1-22(2,3)27-21(25)16-4-8-18(9-5-16)24-14-12-20(13-15-24)26-19-10-6-17(23)7-11-19/h6-7,10-11,16,18,20H,4-5,8-9,12-15H2,1-3H3. The topological polar surface area (TPSA) is 38.8 Å². The lowest BCUT2D eigenvalue weighted by atomic mass is 9.84. The summed E-state index contributed by atoms with van der Waals surface area (Å²) in [4.78, 5) is 14.8. The molecule has 1 heterocycles. The first-order valence-electron chi connectivity index (χ1n) is 10.2. The zero-order chi connectivity index (χ0) is 19.4. The summed E-state index contributed by atoms with van der Waals surface area (Å²) in [6.07, 6.45) is 6.15. The number of rotatable bonds is 4. The summed E-state index contributed by atoms with van der Waals surface area (Å²) in [6, 6.07) is 6.83. The van der Waals surface area contributed by atoms with Gasteiger partial charge in [0, 0.05) is 19.1 Å². The highest BCUT2D eigenvalue weighted by molar-refractivity contribution is 5.73. The summed E-state index contributed by atoms with van der Waals surface area (Å²) in [5, 5.41) is 0. The molecule has 1 aromatic carbocycles. The van der Waals surface area contributed by atoms with Crippen molar-refractivity contribution in [2.24, 2.45) is 5.92 Å². The number of ether oxygens (including phenoxy) is 2. The van der Waals surface area contributed by atoms with Crippen molar-refractivity contribution in [1.82, 2.24) is 4.90 Å². The average molecular weight is 378 g/mol. The van der Waals surface area contributed by atoms with Crippen molar-refractivity contribution in [2.45, 2.75) is 77.0 Å². The Balaban J connectivity index is 1.40. The molecule has 0 radical (unpaired) electrons. The number of hydrogen-bond donors (Lipinski definition) is 0. The molecule has 0 spiro atoms. The second-order valence-electron chi connectivity index (χ2n) is 8.85. The Hall–Kier alpha value is -1.62. The first-order valence-corrected chi connectivity index (χ1v) is 10.2. The summed E-state index contributed by atoms with van der Waals surface area (Å²) in [5.74, 6) is 0.527. The minimum atomic E-state index is -0.402. The van der Waals surface area contributed by atoms with E-state index >= 15 is 0 Å². The van der Waals surface area contributed by atoms with Crippen LogP contribution in [0.25, 0.3) is 0 Å². The van der Waals surface area contributed by atoms with Crippen LogP contribution in [0.4, 0.5) is 4.39 Å². The molecule has 0 amide bonds. The fourth-order valence-electron chi connectivity index (χ4n) is 4.13. The summed E-state index contributed by atoms with van der Waals surface area (Å²) >= 11 is 0. The molecular formula is C22H32FNO3. The van der Waals surface area contributed by atoms with Crippen LogP contribution in [0.3, 0.4) is 0 Å². The maximum atomic E-state index is 13.0. The van der Waals surface area contributed by atoms with Crippen molar-refractivity contribution < 1.29 is 18.7 Å². The molecule has 0 unspecified atom stereocenters. The number of benzene rings is 1. The minimum absolute atomic E-state index is 0.0349. The van der Waals surface area contributed by atoms with Crippen molar-refractivity contribution in [1.29, 1.82) is 0 Å². The molecule has 150 valence electrons. The number of nitrogens with zero attached hydrogens (tertiary/aromatic N) is 1. The van der Waals surface area contributed by atoms with E-state index in [9.17, 15) is 9.18 Å². The van der Waals surface area contributed by atoms with E-state index < -0.39 is 5.60 Å². The quantitative estimate of drug-likeness (QED) is 0.721. The molecule has 2 aliphatic rings.